The van der Waals surface area contributed by atoms with Gasteiger partial charge in [-0.3, -0.25) is 0 Å². The minimum Gasteiger partial charge on any atom is -0.345 e. The van der Waals surface area contributed by atoms with Crippen molar-refractivity contribution in [1.29, 1.82) is 0 Å². The normalized spacial score (nSPS) is 18.3. The molecule has 0 saturated carbocycles. The predicted octanol–water partition coefficient (Wildman–Crippen LogP) is 16.0. The van der Waals surface area contributed by atoms with Crippen molar-refractivity contribution in [1.82, 2.24) is 0 Å². The number of aryl methyl sites for hydroxylation is 2. The number of nitrogens with zero attached hydrogens (tertiary/aromatic N) is 1. The van der Waals surface area contributed by atoms with Gasteiger partial charge in [0, 0.05) is 18.4 Å². The van der Waals surface area contributed by atoms with Crippen molar-refractivity contribution in [3.8, 4) is 11.1 Å². The molecule has 9 rings (SSSR count). The van der Waals surface area contributed by atoms with Gasteiger partial charge in [0.2, 0.25) is 0 Å². The molecular weight excluding hydrogens is 687 g/mol. The van der Waals surface area contributed by atoms with E-state index in [2.05, 4.69) is 188 Å². The molecule has 0 spiro atoms. The lowest BCUT2D eigenvalue weighted by Gasteiger charge is -2.23. The monoisotopic (exact) mass is 745 g/mol. The zero-order valence-electron chi connectivity index (χ0n) is 34.8. The lowest BCUT2D eigenvalue weighted by Crippen LogP contribution is -2.09. The Morgan fingerprint density at radius 2 is 1.19 bits per heavy atom. The van der Waals surface area contributed by atoms with Crippen molar-refractivity contribution >= 4 is 39.9 Å². The van der Waals surface area contributed by atoms with Gasteiger partial charge in [0.05, 0.1) is 0 Å². The van der Waals surface area contributed by atoms with Crippen LogP contribution in [0, 0.1) is 0 Å². The van der Waals surface area contributed by atoms with Gasteiger partial charge >= 0.3 is 0 Å². The molecule has 0 heterocycles. The second-order valence-electron chi connectivity index (χ2n) is 14.3. The van der Waals surface area contributed by atoms with E-state index in [0.717, 1.165) is 37.7 Å². The summed E-state index contributed by atoms with van der Waals surface area (Å²) < 4.78 is 0. The van der Waals surface area contributed by atoms with Gasteiger partial charge in [-0.2, -0.15) is 0 Å². The molecule has 0 saturated heterocycles. The molecule has 0 bridgehead atoms. The molecule has 5 aromatic carbocycles. The summed E-state index contributed by atoms with van der Waals surface area (Å²) in [6.45, 7) is 12.2. The maximum absolute atomic E-state index is 4.24. The zero-order chi connectivity index (χ0) is 40.0. The molecule has 4 aliphatic rings. The second kappa shape index (κ2) is 20.3. The highest BCUT2D eigenvalue weighted by Crippen LogP contribution is 2.39. The van der Waals surface area contributed by atoms with Gasteiger partial charge in [0.1, 0.15) is 0 Å². The Morgan fingerprint density at radius 1 is 0.561 bits per heavy atom. The first kappa shape index (κ1) is 40.7. The molecule has 4 aliphatic carbocycles. The Balaban J connectivity index is 0.000000334. The van der Waals surface area contributed by atoms with Gasteiger partial charge in [-0.1, -0.05) is 180 Å². The van der Waals surface area contributed by atoms with Crippen LogP contribution in [-0.2, 0) is 12.8 Å². The molecule has 0 N–H and O–H groups in total. The summed E-state index contributed by atoms with van der Waals surface area (Å²) in [5.41, 5.74) is 17.1. The lowest BCUT2D eigenvalue weighted by molar-refractivity contribution is 0.965. The van der Waals surface area contributed by atoms with Gasteiger partial charge in [-0.25, -0.2) is 0 Å². The van der Waals surface area contributed by atoms with Crippen molar-refractivity contribution in [3.05, 3.63) is 209 Å². The van der Waals surface area contributed by atoms with Gasteiger partial charge in [0.25, 0.3) is 0 Å². The summed E-state index contributed by atoms with van der Waals surface area (Å²) in [5, 5.41) is 2.64. The van der Waals surface area contributed by atoms with Crippen molar-refractivity contribution in [3.63, 3.8) is 0 Å². The van der Waals surface area contributed by atoms with Gasteiger partial charge in [-0.15, -0.1) is 0 Å². The largest absolute Gasteiger partial charge is 0.345 e. The van der Waals surface area contributed by atoms with Crippen LogP contribution in [0.15, 0.2) is 181 Å². The summed E-state index contributed by atoms with van der Waals surface area (Å²) in [4.78, 5) is 2.28. The van der Waals surface area contributed by atoms with E-state index >= 15 is 0 Å². The number of hydrogen-bond acceptors (Lipinski definition) is 1. The Morgan fingerprint density at radius 3 is 1.95 bits per heavy atom. The molecule has 0 aliphatic heterocycles. The SMILES string of the molecule is C1=Cc2ccccc2CC1.C=C1/C=C\C=C/C/C(c2ccc(N(C)c3ccc(-c4c5c(cc6ccccc46)CCC=C5)cc3)cc2)=C2/C=CCC/C2=C/1.CC.CC. The van der Waals surface area contributed by atoms with E-state index < -0.39 is 0 Å². The van der Waals surface area contributed by atoms with Crippen LogP contribution in [0.2, 0.25) is 0 Å². The zero-order valence-corrected chi connectivity index (χ0v) is 34.8. The Kier molecular flexibility index (Phi) is 14.5. The smallest absolute Gasteiger partial charge is 0.0408 e. The maximum Gasteiger partial charge on any atom is 0.0408 e. The summed E-state index contributed by atoms with van der Waals surface area (Å²) >= 11 is 0. The molecule has 0 aromatic heterocycles. The van der Waals surface area contributed by atoms with E-state index in [0.29, 0.717) is 0 Å². The molecule has 0 atom stereocenters. The summed E-state index contributed by atoms with van der Waals surface area (Å²) in [5.74, 6) is 0. The third-order valence-electron chi connectivity index (χ3n) is 10.9. The lowest BCUT2D eigenvalue weighted by atomic mass is 9.85. The van der Waals surface area contributed by atoms with Crippen molar-refractivity contribution < 1.29 is 0 Å². The average molecular weight is 746 g/mol. The maximum atomic E-state index is 4.24. The molecule has 288 valence electrons. The van der Waals surface area contributed by atoms with Crippen LogP contribution in [0.4, 0.5) is 11.4 Å². The highest BCUT2D eigenvalue weighted by atomic mass is 15.1. The molecule has 0 unspecified atom stereocenters. The van der Waals surface area contributed by atoms with E-state index in [4.69, 9.17) is 0 Å². The Labute approximate surface area is 343 Å². The van der Waals surface area contributed by atoms with Crippen molar-refractivity contribution in [2.24, 2.45) is 0 Å². The van der Waals surface area contributed by atoms with E-state index in [1.807, 2.05) is 27.7 Å². The third-order valence-corrected chi connectivity index (χ3v) is 10.9. The topological polar surface area (TPSA) is 3.24 Å². The quantitative estimate of drug-likeness (QED) is 0.177. The minimum absolute atomic E-state index is 0.900. The van der Waals surface area contributed by atoms with Gasteiger partial charge in [0.15, 0.2) is 0 Å². The fraction of sp³-hybridized carbons (Fsp3) is 0.214. The number of anilines is 2. The van der Waals surface area contributed by atoms with Gasteiger partial charge in [-0.05, 0) is 141 Å². The second-order valence-corrected chi connectivity index (χ2v) is 14.3. The predicted molar refractivity (Wildman–Crippen MR) is 253 cm³/mol. The summed E-state index contributed by atoms with van der Waals surface area (Å²) in [6, 6.07) is 37.9. The van der Waals surface area contributed by atoms with Crippen LogP contribution >= 0.6 is 0 Å². The average Bonchev–Trinajstić information content (AvgIpc) is 3.28. The number of rotatable bonds is 4. The van der Waals surface area contributed by atoms with E-state index in [9.17, 15) is 0 Å². The Hall–Kier alpha value is -5.92. The molecule has 1 heteroatoms. The fourth-order valence-electron chi connectivity index (χ4n) is 8.06. The molecule has 0 amide bonds. The third kappa shape index (κ3) is 9.73. The molecule has 1 nitrogen and oxygen atoms in total. The van der Waals surface area contributed by atoms with Crippen LogP contribution < -0.4 is 4.90 Å². The number of fused-ring (bicyclic) bond motifs is 4. The molecule has 0 fully saturated rings. The van der Waals surface area contributed by atoms with Crippen molar-refractivity contribution in [2.45, 2.75) is 72.6 Å². The number of benzene rings is 5. The van der Waals surface area contributed by atoms with E-state index in [1.165, 1.54) is 90.7 Å². The first-order valence-corrected chi connectivity index (χ1v) is 21.2. The molecule has 0 radical (unpaired) electrons. The highest BCUT2D eigenvalue weighted by molar-refractivity contribution is 6.02. The standard InChI is InChI=1S/C42H37N.C10H10.2C2H6/c1-30-12-4-3-5-16-38(39-17-9-6-13-33(39)28-30)31-20-24-36(25-21-31)43(2)37-26-22-32(23-27-37)42-40-18-10-7-14-34(40)29-35-15-8-11-19-41(35)42;1-2-6-10-8-4-3-7-9(10)5-1;2*1-2/h3-5,7,9-12,14,17-29H,1,6,8,13,15-16H2,2H3;1-3,5-7H,4,8H2;2*1-2H3/b5-3-,12-4-,33-28-,39-38+;;;. The van der Waals surface area contributed by atoms with Crippen LogP contribution in [0.1, 0.15) is 87.6 Å². The van der Waals surface area contributed by atoms with E-state index in [1.54, 1.807) is 0 Å². The number of allylic oxidation sites excluding steroid dienone is 13. The summed E-state index contributed by atoms with van der Waals surface area (Å²) in [6.07, 6.45) is 32.2. The number of hydrogen-bond donors (Lipinski definition) is 0. The minimum atomic E-state index is 0.900. The van der Waals surface area contributed by atoms with E-state index in [-0.39, 0.29) is 0 Å². The van der Waals surface area contributed by atoms with Gasteiger partial charge < -0.3 is 4.90 Å². The first-order chi connectivity index (χ1) is 28.1. The van der Waals surface area contributed by atoms with Crippen molar-refractivity contribution in [2.75, 3.05) is 11.9 Å². The highest BCUT2D eigenvalue weighted by Gasteiger charge is 2.17. The van der Waals surface area contributed by atoms with Crippen LogP contribution in [0.25, 0.3) is 39.6 Å². The van der Waals surface area contributed by atoms with Crippen LogP contribution in [-0.4, -0.2) is 7.05 Å². The first-order valence-electron chi connectivity index (χ1n) is 21.2. The molecular formula is C56H59N. The van der Waals surface area contributed by atoms with Crippen LogP contribution in [0.5, 0.6) is 0 Å². The summed E-state index contributed by atoms with van der Waals surface area (Å²) in [7, 11) is 2.16. The van der Waals surface area contributed by atoms with Crippen LogP contribution in [0.3, 0.4) is 0 Å². The molecule has 5 aromatic rings. The molecule has 57 heavy (non-hydrogen) atoms. The Bertz CT molecular complexity index is 2370. The fourth-order valence-corrected chi connectivity index (χ4v) is 8.06.